The number of carboxylic acid groups (broad SMARTS) is 2. The maximum Gasteiger partial charge on any atom is 0.326 e. The predicted octanol–water partition coefficient (Wildman–Crippen LogP) is -5.09. The normalized spacial score (nSPS) is 19.3. The molecule has 0 aromatic rings. The Balaban J connectivity index is 2.13. The fourth-order valence-corrected chi connectivity index (χ4v) is 7.74. The van der Waals surface area contributed by atoms with Crippen molar-refractivity contribution < 1.29 is 72.9 Å². The molecule has 0 aromatic carbocycles. The SMILES string of the molecule is CCC(C)[C@H](NC(=O)[C@H](CC(=O)O)NC(=O)[C@H](CCC(N)=O)NC(=O)CNC(=O)[C@@H]1C[C@@H](O)CN1)C(=O)N[C@@H](CC(C)C)C(=O)N[C@@H](C)C(=O)NCC(=O)N1CCC[C@H]1C(=O)N[C@@H](CCCCN)C(=O)O. The van der Waals surface area contributed by atoms with Crippen LogP contribution >= 0.6 is 0 Å². The Bertz CT molecular complexity index is 1920. The summed E-state index contributed by atoms with van der Waals surface area (Å²) in [5.41, 5.74) is 10.8. The highest BCUT2D eigenvalue weighted by Crippen LogP contribution is 2.18. The molecular weight excluding hydrogens is 937 g/mol. The molecule has 2 saturated heterocycles. The van der Waals surface area contributed by atoms with E-state index < -0.39 is 157 Å². The number of nitrogens with zero attached hydrogens (tertiary/aromatic N) is 1. The molecule has 0 saturated carbocycles. The van der Waals surface area contributed by atoms with Gasteiger partial charge in [-0.15, -0.1) is 0 Å². The second-order valence-corrected chi connectivity index (χ2v) is 18.3. The Labute approximate surface area is 411 Å². The van der Waals surface area contributed by atoms with Crippen LogP contribution in [0, 0.1) is 11.8 Å². The van der Waals surface area contributed by atoms with E-state index in [1.54, 1.807) is 27.7 Å². The topological polar surface area (TPSA) is 429 Å². The number of aliphatic hydroxyl groups is 1. The van der Waals surface area contributed by atoms with Gasteiger partial charge in [0.1, 0.15) is 42.3 Å². The quantitative estimate of drug-likeness (QED) is 0.0289. The molecule has 27 heteroatoms. The number of primary amides is 1. The van der Waals surface area contributed by atoms with Gasteiger partial charge in [-0.1, -0.05) is 34.1 Å². The fourth-order valence-electron chi connectivity index (χ4n) is 7.74. The highest BCUT2D eigenvalue weighted by molar-refractivity contribution is 5.98. The number of rotatable bonds is 31. The number of hydrogen-bond acceptors (Lipinski definition) is 15. The lowest BCUT2D eigenvalue weighted by molar-refractivity contribution is -0.144. The molecule has 0 aromatic heterocycles. The highest BCUT2D eigenvalue weighted by atomic mass is 16.4. The van der Waals surface area contributed by atoms with E-state index in [0.717, 1.165) is 0 Å². The van der Waals surface area contributed by atoms with Gasteiger partial charge in [0.25, 0.3) is 0 Å². The lowest BCUT2D eigenvalue weighted by Gasteiger charge is -2.29. The van der Waals surface area contributed by atoms with E-state index >= 15 is 0 Å². The molecule has 0 bridgehead atoms. The Morgan fingerprint density at radius 3 is 1.94 bits per heavy atom. The number of carboxylic acids is 2. The third-order valence-electron chi connectivity index (χ3n) is 11.9. The number of carbonyl (C=O) groups is 12. The molecule has 2 aliphatic rings. The van der Waals surface area contributed by atoms with Crippen molar-refractivity contribution in [1.82, 2.24) is 52.8 Å². The van der Waals surface area contributed by atoms with E-state index in [1.807, 2.05) is 0 Å². The minimum atomic E-state index is -1.85. The van der Waals surface area contributed by atoms with Crippen LogP contribution < -0.4 is 59.3 Å². The molecule has 2 rings (SSSR count). The van der Waals surface area contributed by atoms with Crippen LogP contribution in [0.4, 0.5) is 0 Å². The first-order valence-electron chi connectivity index (χ1n) is 23.9. The molecule has 2 heterocycles. The van der Waals surface area contributed by atoms with Crippen molar-refractivity contribution in [2.75, 3.05) is 32.7 Å². The highest BCUT2D eigenvalue weighted by Gasteiger charge is 2.38. The number of nitrogens with one attached hydrogen (secondary N) is 9. The summed E-state index contributed by atoms with van der Waals surface area (Å²) in [7, 11) is 0. The van der Waals surface area contributed by atoms with Gasteiger partial charge in [0.2, 0.25) is 59.1 Å². The molecule has 16 N–H and O–H groups in total. The molecule has 10 amide bonds. The number of nitrogens with two attached hydrogens (primary N) is 2. The van der Waals surface area contributed by atoms with E-state index in [0.29, 0.717) is 25.8 Å². The van der Waals surface area contributed by atoms with Crippen LogP contribution in [0.1, 0.15) is 105 Å². The van der Waals surface area contributed by atoms with Gasteiger partial charge in [-0.25, -0.2) is 4.79 Å². The van der Waals surface area contributed by atoms with Gasteiger partial charge < -0.3 is 79.5 Å². The van der Waals surface area contributed by atoms with Crippen molar-refractivity contribution in [3.8, 4) is 0 Å². The third-order valence-corrected chi connectivity index (χ3v) is 11.9. The van der Waals surface area contributed by atoms with E-state index in [9.17, 15) is 72.9 Å². The summed E-state index contributed by atoms with van der Waals surface area (Å²) < 4.78 is 0. The first-order chi connectivity index (χ1) is 33.4. The number of unbranched alkanes of at least 4 members (excludes halogenated alkanes) is 1. The van der Waals surface area contributed by atoms with Crippen LogP contribution in [0.5, 0.6) is 0 Å². The lowest BCUT2D eigenvalue weighted by atomic mass is 9.96. The third kappa shape index (κ3) is 21.2. The molecule has 10 atom stereocenters. The van der Waals surface area contributed by atoms with Crippen molar-refractivity contribution in [3.05, 3.63) is 0 Å². The molecule has 1 unspecified atom stereocenters. The number of likely N-dealkylation sites (tertiary alicyclic amines) is 1. The van der Waals surface area contributed by atoms with E-state index in [4.69, 9.17) is 11.5 Å². The van der Waals surface area contributed by atoms with E-state index in [-0.39, 0.29) is 57.5 Å². The number of amides is 10. The molecule has 0 aliphatic carbocycles. The van der Waals surface area contributed by atoms with Crippen molar-refractivity contribution in [1.29, 1.82) is 0 Å². The molecule has 400 valence electrons. The van der Waals surface area contributed by atoms with E-state index in [2.05, 4.69) is 47.9 Å². The number of hydrogen-bond donors (Lipinski definition) is 14. The Morgan fingerprint density at radius 2 is 1.37 bits per heavy atom. The second kappa shape index (κ2) is 30.3. The van der Waals surface area contributed by atoms with Gasteiger partial charge in [0.05, 0.1) is 31.7 Å². The maximum atomic E-state index is 13.9. The monoisotopic (exact) mass is 1010 g/mol. The Kier molecular flexibility index (Phi) is 25.9. The van der Waals surface area contributed by atoms with Gasteiger partial charge in [-0.05, 0) is 76.7 Å². The summed E-state index contributed by atoms with van der Waals surface area (Å²) in [6.45, 7) is 7.66. The summed E-state index contributed by atoms with van der Waals surface area (Å²) in [6, 6.07) is -10.3. The summed E-state index contributed by atoms with van der Waals surface area (Å²) in [5, 5.41) is 51.1. The zero-order valence-corrected chi connectivity index (χ0v) is 41.0. The van der Waals surface area contributed by atoms with Gasteiger partial charge in [0.15, 0.2) is 0 Å². The maximum absolute atomic E-state index is 13.9. The number of aliphatic hydroxyl groups excluding tert-OH is 1. The minimum Gasteiger partial charge on any atom is -0.481 e. The van der Waals surface area contributed by atoms with Crippen molar-refractivity contribution in [2.24, 2.45) is 23.3 Å². The van der Waals surface area contributed by atoms with Crippen LogP contribution in [0.25, 0.3) is 0 Å². The molecule has 0 spiro atoms. The van der Waals surface area contributed by atoms with Crippen molar-refractivity contribution in [3.63, 3.8) is 0 Å². The van der Waals surface area contributed by atoms with Gasteiger partial charge in [-0.3, -0.25) is 52.7 Å². The largest absolute Gasteiger partial charge is 0.481 e. The van der Waals surface area contributed by atoms with Crippen LogP contribution in [0.15, 0.2) is 0 Å². The van der Waals surface area contributed by atoms with Crippen molar-refractivity contribution in [2.45, 2.75) is 160 Å². The molecule has 71 heavy (non-hydrogen) atoms. The summed E-state index contributed by atoms with van der Waals surface area (Å²) in [5.74, 6) is -11.9. The number of carbonyl (C=O) groups excluding carboxylic acids is 10. The Hall–Kier alpha value is -6.48. The zero-order valence-electron chi connectivity index (χ0n) is 41.0. The van der Waals surface area contributed by atoms with Crippen LogP contribution in [-0.2, 0) is 57.5 Å². The Morgan fingerprint density at radius 1 is 0.718 bits per heavy atom. The van der Waals surface area contributed by atoms with Gasteiger partial charge >= 0.3 is 11.9 Å². The summed E-state index contributed by atoms with van der Waals surface area (Å²) >= 11 is 0. The van der Waals surface area contributed by atoms with Gasteiger partial charge in [0, 0.05) is 19.5 Å². The number of aliphatic carboxylic acids is 2. The van der Waals surface area contributed by atoms with E-state index in [1.165, 1.54) is 11.8 Å². The minimum absolute atomic E-state index is 0.0418. The predicted molar refractivity (Wildman–Crippen MR) is 251 cm³/mol. The molecule has 2 fully saturated rings. The average Bonchev–Trinajstić information content (AvgIpc) is 3.98. The van der Waals surface area contributed by atoms with Crippen LogP contribution in [0.3, 0.4) is 0 Å². The first kappa shape index (κ1) is 60.6. The summed E-state index contributed by atoms with van der Waals surface area (Å²) in [4.78, 5) is 156. The van der Waals surface area contributed by atoms with Crippen LogP contribution in [-0.4, -0.2) is 178 Å². The smallest absolute Gasteiger partial charge is 0.326 e. The molecule has 0 radical (unpaired) electrons. The standard InChI is InChI=1S/C44H74N12O15/c1-6-23(4)36(55-41(67)30(18-35(61)62)53-39(65)26(12-13-32(46)58)51-33(59)20-48-38(64)28-17-25(57)19-47-28)43(69)54-29(16-22(2)3)40(66)50-24(5)37(63)49-21-34(60)56-15-9-11-31(56)42(68)52-27(44(70)71)10-7-8-14-45/h22-31,36,47,57H,6-21,45H2,1-5H3,(H2,46,58)(H,48,64)(H,49,63)(H,50,66)(H,51,59)(H,52,68)(H,53,65)(H,54,69)(H,55,67)(H,61,62)(H,70,71)/t23?,24-,25+,26-,27-,28-,29-,30-,31-,36-/m0/s1. The fraction of sp³-hybridized carbons (Fsp3) is 0.727. The zero-order chi connectivity index (χ0) is 53.5. The number of β-amino-alcohol motifs (C(OH)–C–C–N with tert-alkyl or cyclic N) is 1. The molecule has 2 aliphatic heterocycles. The molecular formula is C44H74N12O15. The summed E-state index contributed by atoms with van der Waals surface area (Å²) in [6.07, 6.45) is -0.227. The first-order valence-corrected chi connectivity index (χ1v) is 23.9. The molecule has 27 nitrogen and oxygen atoms in total. The average molecular weight is 1010 g/mol. The van der Waals surface area contributed by atoms with Crippen LogP contribution in [0.2, 0.25) is 0 Å². The van der Waals surface area contributed by atoms with Gasteiger partial charge in [-0.2, -0.15) is 0 Å². The lowest BCUT2D eigenvalue weighted by Crippen LogP contribution is -2.60. The second-order valence-electron chi connectivity index (χ2n) is 18.3. The van der Waals surface area contributed by atoms with Crippen molar-refractivity contribution >= 4 is 71.0 Å².